The summed E-state index contributed by atoms with van der Waals surface area (Å²) in [5.41, 5.74) is 3.82. The Balaban J connectivity index is 1.88. The number of hydrogen-bond acceptors (Lipinski definition) is 3. The molecular weight excluding hydrogens is 409 g/mol. The molecule has 0 unspecified atom stereocenters. The molecule has 0 fully saturated rings. The molecule has 0 aliphatic heterocycles. The Kier molecular flexibility index (Phi) is 4.05. The lowest BCUT2D eigenvalue weighted by Crippen LogP contribution is -2.20. The molecule has 0 atom stereocenters. The molecule has 3 heterocycles. The minimum Gasteiger partial charge on any atom is -0.444 e. The first-order valence-corrected chi connectivity index (χ1v) is 9.68. The lowest BCUT2D eigenvalue weighted by atomic mass is 10.0. The summed E-state index contributed by atoms with van der Waals surface area (Å²) in [7, 11) is 3.72. The van der Waals surface area contributed by atoms with E-state index in [1.165, 1.54) is 6.39 Å². The highest BCUT2D eigenvalue weighted by atomic mass is 35.5. The third kappa shape index (κ3) is 2.69. The van der Waals surface area contributed by atoms with Gasteiger partial charge >= 0.3 is 0 Å². The van der Waals surface area contributed by atoms with Gasteiger partial charge in [-0.3, -0.25) is 9.36 Å². The summed E-state index contributed by atoms with van der Waals surface area (Å²) in [6.07, 6.45) is 3.09. The molecular formula is C22H15Cl2N3O2. The van der Waals surface area contributed by atoms with Crippen LogP contribution in [0.25, 0.3) is 44.4 Å². The van der Waals surface area contributed by atoms with Crippen LogP contribution in [-0.2, 0) is 14.1 Å². The molecule has 3 aromatic heterocycles. The van der Waals surface area contributed by atoms with Crippen LogP contribution in [0, 0.1) is 0 Å². The van der Waals surface area contributed by atoms with Crippen LogP contribution in [0.2, 0.25) is 10.0 Å². The highest BCUT2D eigenvalue weighted by Crippen LogP contribution is 2.35. The van der Waals surface area contributed by atoms with Gasteiger partial charge in [-0.05, 0) is 36.4 Å². The minimum absolute atomic E-state index is 0.122. The lowest BCUT2D eigenvalue weighted by Gasteiger charge is -2.09. The van der Waals surface area contributed by atoms with Crippen LogP contribution in [0.3, 0.4) is 0 Å². The van der Waals surface area contributed by atoms with Gasteiger partial charge in [0, 0.05) is 46.6 Å². The second-order valence-corrected chi connectivity index (χ2v) is 7.78. The van der Waals surface area contributed by atoms with Crippen LogP contribution >= 0.6 is 23.2 Å². The van der Waals surface area contributed by atoms with E-state index in [1.54, 1.807) is 36.0 Å². The first kappa shape index (κ1) is 18.0. The van der Waals surface area contributed by atoms with E-state index in [4.69, 9.17) is 27.6 Å². The lowest BCUT2D eigenvalue weighted by molar-refractivity contribution is 0.572. The van der Waals surface area contributed by atoms with E-state index >= 15 is 0 Å². The van der Waals surface area contributed by atoms with Gasteiger partial charge < -0.3 is 8.98 Å². The molecule has 0 N–H and O–H groups in total. The molecule has 2 aromatic carbocycles. The Bertz CT molecular complexity index is 1460. The number of fused-ring (bicyclic) bond motifs is 3. The van der Waals surface area contributed by atoms with Gasteiger partial charge in [0.1, 0.15) is 5.65 Å². The Morgan fingerprint density at radius 3 is 2.48 bits per heavy atom. The molecule has 0 radical (unpaired) electrons. The number of aromatic nitrogens is 3. The van der Waals surface area contributed by atoms with Crippen molar-refractivity contribution in [3.8, 4) is 22.5 Å². The standard InChI is InChI=1S/C22H15Cl2N3O2/c1-26-19-6-3-12(20-10-25-11-29-20)7-15(19)16-9-17(22(28)27(2)21(16)26)14-5-4-13(23)8-18(14)24/h3-11H,1-2H3. The number of halogens is 2. The molecule has 0 spiro atoms. The maximum absolute atomic E-state index is 13.1. The van der Waals surface area contributed by atoms with Crippen LogP contribution in [0.15, 0.2) is 64.3 Å². The van der Waals surface area contributed by atoms with Crippen molar-refractivity contribution in [1.82, 2.24) is 14.1 Å². The molecule has 5 aromatic rings. The monoisotopic (exact) mass is 423 g/mol. The van der Waals surface area contributed by atoms with E-state index in [9.17, 15) is 4.79 Å². The molecule has 29 heavy (non-hydrogen) atoms. The van der Waals surface area contributed by atoms with Gasteiger partial charge in [-0.2, -0.15) is 0 Å². The first-order valence-electron chi connectivity index (χ1n) is 8.92. The number of benzene rings is 2. The Hall–Kier alpha value is -3.02. The molecule has 0 saturated carbocycles. The van der Waals surface area contributed by atoms with Gasteiger partial charge in [-0.1, -0.05) is 29.3 Å². The van der Waals surface area contributed by atoms with Crippen LogP contribution < -0.4 is 5.56 Å². The molecule has 5 nitrogen and oxygen atoms in total. The number of pyridine rings is 1. The molecule has 0 saturated heterocycles. The van der Waals surface area contributed by atoms with Crippen molar-refractivity contribution in [2.75, 3.05) is 0 Å². The molecule has 0 bridgehead atoms. The summed E-state index contributed by atoms with van der Waals surface area (Å²) in [5, 5.41) is 2.93. The van der Waals surface area contributed by atoms with Crippen molar-refractivity contribution in [3.05, 3.63) is 75.5 Å². The zero-order valence-electron chi connectivity index (χ0n) is 15.6. The highest BCUT2D eigenvalue weighted by molar-refractivity contribution is 6.36. The fraction of sp³-hybridized carbons (Fsp3) is 0.0909. The normalized spacial score (nSPS) is 11.6. The van der Waals surface area contributed by atoms with E-state index in [1.807, 2.05) is 29.8 Å². The minimum atomic E-state index is -0.122. The van der Waals surface area contributed by atoms with Crippen molar-refractivity contribution in [1.29, 1.82) is 0 Å². The Labute approximate surface area is 175 Å². The van der Waals surface area contributed by atoms with Crippen molar-refractivity contribution in [2.24, 2.45) is 14.1 Å². The van der Waals surface area contributed by atoms with Crippen LogP contribution in [-0.4, -0.2) is 14.1 Å². The fourth-order valence-electron chi connectivity index (χ4n) is 3.90. The largest absolute Gasteiger partial charge is 0.444 e. The van der Waals surface area contributed by atoms with E-state index in [0.29, 0.717) is 26.9 Å². The summed E-state index contributed by atoms with van der Waals surface area (Å²) >= 11 is 12.4. The second-order valence-electron chi connectivity index (χ2n) is 6.94. The van der Waals surface area contributed by atoms with Crippen molar-refractivity contribution in [3.63, 3.8) is 0 Å². The number of nitrogens with zero attached hydrogens (tertiary/aromatic N) is 3. The third-order valence-corrected chi connectivity index (χ3v) is 5.83. The summed E-state index contributed by atoms with van der Waals surface area (Å²) in [5.74, 6) is 0.690. The van der Waals surface area contributed by atoms with Gasteiger partial charge in [-0.25, -0.2) is 4.98 Å². The van der Waals surface area contributed by atoms with Crippen LogP contribution in [0.4, 0.5) is 0 Å². The molecule has 144 valence electrons. The van der Waals surface area contributed by atoms with Gasteiger partial charge in [0.05, 0.1) is 16.7 Å². The second kappa shape index (κ2) is 6.51. The van der Waals surface area contributed by atoms with E-state index < -0.39 is 0 Å². The number of aryl methyl sites for hydroxylation is 2. The van der Waals surface area contributed by atoms with Crippen molar-refractivity contribution >= 4 is 45.1 Å². The summed E-state index contributed by atoms with van der Waals surface area (Å²) in [6.45, 7) is 0. The van der Waals surface area contributed by atoms with E-state index in [2.05, 4.69) is 11.1 Å². The maximum atomic E-state index is 13.1. The predicted octanol–water partition coefficient (Wildman–Crippen LogP) is 5.66. The number of oxazole rings is 1. The smallest absolute Gasteiger partial charge is 0.259 e. The SMILES string of the molecule is Cn1c(=O)c(-c2ccc(Cl)cc2Cl)cc2c3cc(-c4cnco4)ccc3n(C)c21. The summed E-state index contributed by atoms with van der Waals surface area (Å²) in [4.78, 5) is 17.1. The Morgan fingerprint density at radius 2 is 1.76 bits per heavy atom. The molecule has 0 amide bonds. The van der Waals surface area contributed by atoms with Crippen LogP contribution in [0.1, 0.15) is 0 Å². The van der Waals surface area contributed by atoms with Gasteiger partial charge in [0.2, 0.25) is 0 Å². The maximum Gasteiger partial charge on any atom is 0.259 e. The van der Waals surface area contributed by atoms with Gasteiger partial charge in [-0.15, -0.1) is 0 Å². The van der Waals surface area contributed by atoms with Gasteiger partial charge in [0.25, 0.3) is 5.56 Å². The van der Waals surface area contributed by atoms with Crippen molar-refractivity contribution < 1.29 is 4.42 Å². The number of hydrogen-bond donors (Lipinski definition) is 0. The average molecular weight is 424 g/mol. The highest BCUT2D eigenvalue weighted by Gasteiger charge is 2.18. The Morgan fingerprint density at radius 1 is 0.931 bits per heavy atom. The topological polar surface area (TPSA) is 53.0 Å². The van der Waals surface area contributed by atoms with Crippen molar-refractivity contribution in [2.45, 2.75) is 0 Å². The average Bonchev–Trinajstić information content (AvgIpc) is 3.32. The zero-order chi connectivity index (χ0) is 20.3. The van der Waals surface area contributed by atoms with E-state index in [0.717, 1.165) is 27.5 Å². The van der Waals surface area contributed by atoms with Crippen LogP contribution in [0.5, 0.6) is 0 Å². The predicted molar refractivity (Wildman–Crippen MR) is 117 cm³/mol. The summed E-state index contributed by atoms with van der Waals surface area (Å²) in [6, 6.07) is 13.1. The van der Waals surface area contributed by atoms with E-state index in [-0.39, 0.29) is 5.56 Å². The zero-order valence-corrected chi connectivity index (χ0v) is 17.1. The summed E-state index contributed by atoms with van der Waals surface area (Å²) < 4.78 is 9.12. The fourth-order valence-corrected chi connectivity index (χ4v) is 4.41. The quantitative estimate of drug-likeness (QED) is 0.368. The molecule has 0 aliphatic carbocycles. The molecule has 0 aliphatic rings. The number of rotatable bonds is 2. The first-order chi connectivity index (χ1) is 14.0. The van der Waals surface area contributed by atoms with Gasteiger partial charge in [0.15, 0.2) is 12.2 Å². The molecule has 5 rings (SSSR count). The molecule has 7 heteroatoms. The third-order valence-electron chi connectivity index (χ3n) is 5.29.